The number of benzene rings is 2. The van der Waals surface area contributed by atoms with Crippen LogP contribution in [0.25, 0.3) is 10.9 Å². The Balaban J connectivity index is 1.92. The first kappa shape index (κ1) is 11.7. The van der Waals surface area contributed by atoms with Crippen molar-refractivity contribution in [1.29, 1.82) is 0 Å². The zero-order chi connectivity index (χ0) is 13.1. The van der Waals surface area contributed by atoms with Crippen molar-refractivity contribution in [2.24, 2.45) is 0 Å². The van der Waals surface area contributed by atoms with Crippen LogP contribution in [0.1, 0.15) is 11.3 Å². The number of rotatable bonds is 3. The third kappa shape index (κ3) is 2.58. The summed E-state index contributed by atoms with van der Waals surface area (Å²) in [6.45, 7) is 0. The molecule has 0 bridgehead atoms. The first-order valence-electron chi connectivity index (χ1n) is 6.46. The van der Waals surface area contributed by atoms with E-state index in [1.54, 1.807) is 0 Å². The lowest BCUT2D eigenvalue weighted by molar-refractivity contribution is 1.10. The molecule has 0 unspecified atom stereocenters. The van der Waals surface area contributed by atoms with Gasteiger partial charge in [0.25, 0.3) is 0 Å². The molecule has 0 spiro atoms. The first-order chi connectivity index (χ1) is 9.35. The van der Waals surface area contributed by atoms with Gasteiger partial charge in [-0.1, -0.05) is 36.4 Å². The summed E-state index contributed by atoms with van der Waals surface area (Å²) in [5.41, 5.74) is 4.57. The van der Waals surface area contributed by atoms with Crippen molar-refractivity contribution in [3.05, 3.63) is 71.9 Å². The van der Waals surface area contributed by atoms with Crippen molar-refractivity contribution >= 4 is 16.6 Å². The fraction of sp³-hybridized carbons (Fsp3) is 0.118. The summed E-state index contributed by atoms with van der Waals surface area (Å²) in [4.78, 5) is 4.71. The van der Waals surface area contributed by atoms with Gasteiger partial charge in [-0.3, -0.25) is 4.98 Å². The molecule has 0 saturated heterocycles. The topological polar surface area (TPSA) is 24.9 Å². The van der Waals surface area contributed by atoms with E-state index in [-0.39, 0.29) is 0 Å². The fourth-order valence-corrected chi connectivity index (χ4v) is 2.25. The lowest BCUT2D eigenvalue weighted by Crippen LogP contribution is -1.94. The van der Waals surface area contributed by atoms with Crippen molar-refractivity contribution in [2.45, 2.75) is 6.42 Å². The average Bonchev–Trinajstić information content (AvgIpc) is 2.47. The molecule has 1 N–H and O–H groups in total. The molecule has 3 aromatic rings. The summed E-state index contributed by atoms with van der Waals surface area (Å²) >= 11 is 0. The largest absolute Gasteiger partial charge is 0.388 e. The van der Waals surface area contributed by atoms with Gasteiger partial charge >= 0.3 is 0 Å². The van der Waals surface area contributed by atoms with Gasteiger partial charge < -0.3 is 5.32 Å². The second-order valence-electron chi connectivity index (χ2n) is 4.62. The normalized spacial score (nSPS) is 10.6. The molecule has 1 heterocycles. The molecule has 0 fully saturated rings. The molecular weight excluding hydrogens is 232 g/mol. The number of aromatic nitrogens is 1. The van der Waals surface area contributed by atoms with Crippen molar-refractivity contribution in [2.75, 3.05) is 12.4 Å². The van der Waals surface area contributed by atoms with E-state index >= 15 is 0 Å². The first-order valence-corrected chi connectivity index (χ1v) is 6.46. The van der Waals surface area contributed by atoms with Crippen LogP contribution in [0.15, 0.2) is 60.7 Å². The van der Waals surface area contributed by atoms with E-state index in [1.165, 1.54) is 10.9 Å². The second-order valence-corrected chi connectivity index (χ2v) is 4.62. The number of nitrogens with one attached hydrogen (secondary N) is 1. The van der Waals surface area contributed by atoms with Gasteiger partial charge in [-0.05, 0) is 29.8 Å². The molecule has 2 heteroatoms. The standard InChI is InChI=1S/C17H16N2/c1-18-15-7-4-5-13(11-15)12-16-10-9-14-6-2-3-8-17(14)19-16/h2-11,18H,12H2,1H3. The fourth-order valence-electron chi connectivity index (χ4n) is 2.25. The number of hydrogen-bond donors (Lipinski definition) is 1. The highest BCUT2D eigenvalue weighted by molar-refractivity contribution is 5.78. The SMILES string of the molecule is CNc1cccc(Cc2ccc3ccccc3n2)c1. The van der Waals surface area contributed by atoms with Gasteiger partial charge in [0.2, 0.25) is 0 Å². The van der Waals surface area contributed by atoms with E-state index in [0.29, 0.717) is 0 Å². The molecule has 19 heavy (non-hydrogen) atoms. The van der Waals surface area contributed by atoms with Crippen LogP contribution in [0.5, 0.6) is 0 Å². The molecule has 2 nitrogen and oxygen atoms in total. The van der Waals surface area contributed by atoms with E-state index in [4.69, 9.17) is 4.98 Å². The van der Waals surface area contributed by atoms with Crippen LogP contribution >= 0.6 is 0 Å². The summed E-state index contributed by atoms with van der Waals surface area (Å²) in [6.07, 6.45) is 0.861. The number of pyridine rings is 1. The highest BCUT2D eigenvalue weighted by Gasteiger charge is 2.00. The van der Waals surface area contributed by atoms with E-state index in [9.17, 15) is 0 Å². The predicted molar refractivity (Wildman–Crippen MR) is 80.5 cm³/mol. The summed E-state index contributed by atoms with van der Waals surface area (Å²) in [6, 6.07) is 20.9. The highest BCUT2D eigenvalue weighted by Crippen LogP contribution is 2.16. The molecule has 3 rings (SSSR count). The van der Waals surface area contributed by atoms with E-state index in [0.717, 1.165) is 23.3 Å². The lowest BCUT2D eigenvalue weighted by atomic mass is 10.1. The Morgan fingerprint density at radius 1 is 0.947 bits per heavy atom. The number of anilines is 1. The number of fused-ring (bicyclic) bond motifs is 1. The highest BCUT2D eigenvalue weighted by atomic mass is 14.8. The predicted octanol–water partition coefficient (Wildman–Crippen LogP) is 3.87. The van der Waals surface area contributed by atoms with Crippen molar-refractivity contribution in [3.8, 4) is 0 Å². The van der Waals surface area contributed by atoms with Gasteiger partial charge in [0.1, 0.15) is 0 Å². The van der Waals surface area contributed by atoms with Gasteiger partial charge in [0, 0.05) is 30.2 Å². The minimum atomic E-state index is 0.861. The van der Waals surface area contributed by atoms with Crippen LogP contribution in [-0.4, -0.2) is 12.0 Å². The van der Waals surface area contributed by atoms with Gasteiger partial charge in [0.05, 0.1) is 5.52 Å². The van der Waals surface area contributed by atoms with Gasteiger partial charge in [-0.2, -0.15) is 0 Å². The quantitative estimate of drug-likeness (QED) is 0.761. The lowest BCUT2D eigenvalue weighted by Gasteiger charge is -2.05. The maximum Gasteiger partial charge on any atom is 0.0705 e. The summed E-state index contributed by atoms with van der Waals surface area (Å²) < 4.78 is 0. The Morgan fingerprint density at radius 2 is 1.84 bits per heavy atom. The second kappa shape index (κ2) is 5.11. The minimum Gasteiger partial charge on any atom is -0.388 e. The van der Waals surface area contributed by atoms with E-state index in [1.807, 2.05) is 19.2 Å². The molecule has 0 saturated carbocycles. The maximum absolute atomic E-state index is 4.71. The van der Waals surface area contributed by atoms with Gasteiger partial charge in [-0.15, -0.1) is 0 Å². The Hall–Kier alpha value is -2.35. The molecule has 0 atom stereocenters. The van der Waals surface area contributed by atoms with E-state index in [2.05, 4.69) is 53.8 Å². The Bertz CT molecular complexity index is 704. The summed E-state index contributed by atoms with van der Waals surface area (Å²) in [5.74, 6) is 0. The summed E-state index contributed by atoms with van der Waals surface area (Å²) in [5, 5.41) is 4.35. The Kier molecular flexibility index (Phi) is 3.15. The Morgan fingerprint density at radius 3 is 2.74 bits per heavy atom. The molecule has 94 valence electrons. The molecular formula is C17H16N2. The molecule has 0 aliphatic rings. The smallest absolute Gasteiger partial charge is 0.0705 e. The van der Waals surface area contributed by atoms with Crippen molar-refractivity contribution in [1.82, 2.24) is 4.98 Å². The van der Waals surface area contributed by atoms with Gasteiger partial charge in [-0.25, -0.2) is 0 Å². The average molecular weight is 248 g/mol. The maximum atomic E-state index is 4.71. The molecule has 0 aliphatic heterocycles. The number of hydrogen-bond acceptors (Lipinski definition) is 2. The third-order valence-corrected chi connectivity index (χ3v) is 3.26. The Labute approximate surface area is 113 Å². The van der Waals surface area contributed by atoms with Crippen LogP contribution in [0.2, 0.25) is 0 Å². The molecule has 0 aliphatic carbocycles. The van der Waals surface area contributed by atoms with E-state index < -0.39 is 0 Å². The third-order valence-electron chi connectivity index (χ3n) is 3.26. The van der Waals surface area contributed by atoms with Crippen LogP contribution in [0.3, 0.4) is 0 Å². The molecule has 1 aromatic heterocycles. The van der Waals surface area contributed by atoms with Crippen LogP contribution in [-0.2, 0) is 6.42 Å². The van der Waals surface area contributed by atoms with Crippen molar-refractivity contribution in [3.63, 3.8) is 0 Å². The van der Waals surface area contributed by atoms with Crippen LogP contribution in [0.4, 0.5) is 5.69 Å². The molecule has 2 aromatic carbocycles. The zero-order valence-corrected chi connectivity index (χ0v) is 10.9. The van der Waals surface area contributed by atoms with Gasteiger partial charge in [0.15, 0.2) is 0 Å². The monoisotopic (exact) mass is 248 g/mol. The zero-order valence-electron chi connectivity index (χ0n) is 10.9. The number of nitrogens with zero attached hydrogens (tertiary/aromatic N) is 1. The van der Waals surface area contributed by atoms with Crippen LogP contribution < -0.4 is 5.32 Å². The number of para-hydroxylation sites is 1. The minimum absolute atomic E-state index is 0.861. The van der Waals surface area contributed by atoms with Crippen LogP contribution in [0, 0.1) is 0 Å². The van der Waals surface area contributed by atoms with Crippen molar-refractivity contribution < 1.29 is 0 Å². The summed E-state index contributed by atoms with van der Waals surface area (Å²) in [7, 11) is 1.94. The molecule has 0 amide bonds. The molecule has 0 radical (unpaired) electrons.